The third-order valence-corrected chi connectivity index (χ3v) is 5.54. The minimum absolute atomic E-state index is 0.183. The first-order chi connectivity index (χ1) is 13.5. The molecule has 1 aliphatic rings. The van der Waals surface area contributed by atoms with Crippen LogP contribution >= 0.6 is 0 Å². The van der Waals surface area contributed by atoms with Gasteiger partial charge in [-0.2, -0.15) is 0 Å². The van der Waals surface area contributed by atoms with E-state index in [4.69, 9.17) is 14.2 Å². The fourth-order valence-electron chi connectivity index (χ4n) is 2.65. The first kappa shape index (κ1) is 19.9. The van der Waals surface area contributed by atoms with Crippen LogP contribution in [0.3, 0.4) is 0 Å². The molecule has 0 radical (unpaired) electrons. The molecule has 28 heavy (non-hydrogen) atoms. The Balaban J connectivity index is 1.58. The van der Waals surface area contributed by atoms with E-state index in [1.807, 2.05) is 6.07 Å². The van der Waals surface area contributed by atoms with Crippen LogP contribution in [-0.4, -0.2) is 34.7 Å². The Morgan fingerprint density at radius 1 is 1.18 bits per heavy atom. The molecule has 0 fully saturated rings. The molecule has 0 aromatic heterocycles. The summed E-state index contributed by atoms with van der Waals surface area (Å²) in [5.74, 6) is 0.575. The molecule has 0 bridgehead atoms. The molecule has 7 nitrogen and oxygen atoms in total. The molecule has 1 N–H and O–H groups in total. The van der Waals surface area contributed by atoms with Gasteiger partial charge in [-0.1, -0.05) is 25.1 Å². The number of esters is 1. The van der Waals surface area contributed by atoms with Gasteiger partial charge in [-0.15, -0.1) is 0 Å². The first-order valence-electron chi connectivity index (χ1n) is 8.84. The number of ether oxygens (including phenoxy) is 3. The Kier molecular flexibility index (Phi) is 6.30. The predicted molar refractivity (Wildman–Crippen MR) is 103 cm³/mol. The molecule has 148 valence electrons. The van der Waals surface area contributed by atoms with Crippen molar-refractivity contribution in [1.29, 1.82) is 0 Å². The normalized spacial score (nSPS) is 14.2. The lowest BCUT2D eigenvalue weighted by atomic mass is 10.2. The molecule has 2 atom stereocenters. The SMILES string of the molecule is CC[S@](=O)c1ccccc1C(=O)O[C@H](C)C(=O)NCc1ccc2c(c1)OCO2. The van der Waals surface area contributed by atoms with Crippen LogP contribution in [0.5, 0.6) is 11.5 Å². The predicted octanol–water partition coefficient (Wildman–Crippen LogP) is 2.40. The molecule has 1 aliphatic heterocycles. The minimum atomic E-state index is -1.30. The van der Waals surface area contributed by atoms with Gasteiger partial charge in [0.2, 0.25) is 6.79 Å². The maximum atomic E-state index is 12.4. The van der Waals surface area contributed by atoms with Gasteiger partial charge in [0, 0.05) is 12.3 Å². The van der Waals surface area contributed by atoms with Crippen molar-refractivity contribution in [3.63, 3.8) is 0 Å². The third kappa shape index (κ3) is 4.51. The van der Waals surface area contributed by atoms with E-state index in [-0.39, 0.29) is 18.9 Å². The Bertz CT molecular complexity index is 913. The monoisotopic (exact) mass is 403 g/mol. The zero-order chi connectivity index (χ0) is 20.1. The Morgan fingerprint density at radius 2 is 1.93 bits per heavy atom. The summed E-state index contributed by atoms with van der Waals surface area (Å²) in [5, 5.41) is 2.72. The molecule has 8 heteroatoms. The molecule has 0 spiro atoms. The summed E-state index contributed by atoms with van der Waals surface area (Å²) in [4.78, 5) is 25.1. The van der Waals surface area contributed by atoms with Crippen LogP contribution in [0.25, 0.3) is 0 Å². The van der Waals surface area contributed by atoms with Crippen LogP contribution in [0.15, 0.2) is 47.4 Å². The lowest BCUT2D eigenvalue weighted by molar-refractivity contribution is -0.129. The van der Waals surface area contributed by atoms with E-state index in [1.165, 1.54) is 6.92 Å². The van der Waals surface area contributed by atoms with Crippen LogP contribution in [0.4, 0.5) is 0 Å². The smallest absolute Gasteiger partial charge is 0.340 e. The summed E-state index contributed by atoms with van der Waals surface area (Å²) in [6.45, 7) is 3.70. The Hall–Kier alpha value is -2.87. The number of nitrogens with one attached hydrogen (secondary N) is 1. The number of benzene rings is 2. The van der Waals surface area contributed by atoms with Crippen LogP contribution in [0, 0.1) is 0 Å². The molecule has 2 aromatic rings. The van der Waals surface area contributed by atoms with Crippen LogP contribution in [0.1, 0.15) is 29.8 Å². The topological polar surface area (TPSA) is 90.9 Å². The number of amides is 1. The van der Waals surface area contributed by atoms with Crippen LogP contribution in [0.2, 0.25) is 0 Å². The summed E-state index contributed by atoms with van der Waals surface area (Å²) in [6.07, 6.45) is -0.996. The number of hydrogen-bond donors (Lipinski definition) is 1. The molecule has 0 saturated carbocycles. The van der Waals surface area contributed by atoms with Crippen molar-refractivity contribution >= 4 is 22.7 Å². The highest BCUT2D eigenvalue weighted by Crippen LogP contribution is 2.32. The highest BCUT2D eigenvalue weighted by molar-refractivity contribution is 7.85. The second-order valence-corrected chi connectivity index (χ2v) is 7.79. The minimum Gasteiger partial charge on any atom is -0.454 e. The first-order valence-corrected chi connectivity index (χ1v) is 10.2. The Morgan fingerprint density at radius 3 is 2.71 bits per heavy atom. The van der Waals surface area contributed by atoms with Crippen molar-refractivity contribution in [2.24, 2.45) is 0 Å². The van der Waals surface area contributed by atoms with Crippen molar-refractivity contribution in [3.05, 3.63) is 53.6 Å². The van der Waals surface area contributed by atoms with Gasteiger partial charge in [0.25, 0.3) is 5.91 Å². The van der Waals surface area contributed by atoms with E-state index < -0.39 is 28.8 Å². The molecule has 0 saturated heterocycles. The summed E-state index contributed by atoms with van der Waals surface area (Å²) < 4.78 is 27.9. The maximum absolute atomic E-state index is 12.4. The third-order valence-electron chi connectivity index (χ3n) is 4.17. The van der Waals surface area contributed by atoms with Crippen molar-refractivity contribution < 1.29 is 28.0 Å². The van der Waals surface area contributed by atoms with Crippen LogP contribution in [-0.2, 0) is 26.9 Å². The molecule has 1 heterocycles. The zero-order valence-electron chi connectivity index (χ0n) is 15.6. The second kappa shape index (κ2) is 8.88. The largest absolute Gasteiger partial charge is 0.454 e. The summed E-state index contributed by atoms with van der Waals surface area (Å²) in [7, 11) is -1.30. The van der Waals surface area contributed by atoms with Gasteiger partial charge in [-0.3, -0.25) is 9.00 Å². The highest BCUT2D eigenvalue weighted by Gasteiger charge is 2.22. The van der Waals surface area contributed by atoms with E-state index in [2.05, 4.69) is 5.32 Å². The standard InChI is InChI=1S/C20H21NO6S/c1-3-28(24)18-7-5-4-6-15(18)20(23)27-13(2)19(22)21-11-14-8-9-16-17(10-14)26-12-25-16/h4-10,13H,3,11-12H2,1-2H3,(H,21,22)/t13-,28+/m1/s1. The molecular formula is C20H21NO6S. The van der Waals surface area contributed by atoms with Gasteiger partial charge in [-0.25, -0.2) is 4.79 Å². The lowest BCUT2D eigenvalue weighted by Gasteiger charge is -2.15. The number of fused-ring (bicyclic) bond motifs is 1. The van der Waals surface area contributed by atoms with E-state index in [0.717, 1.165) is 5.56 Å². The number of rotatable bonds is 7. The summed E-state index contributed by atoms with van der Waals surface area (Å²) in [6, 6.07) is 11.9. The maximum Gasteiger partial charge on any atom is 0.340 e. The van der Waals surface area contributed by atoms with Gasteiger partial charge in [0.05, 0.1) is 21.3 Å². The second-order valence-electron chi connectivity index (χ2n) is 6.08. The average Bonchev–Trinajstić information content (AvgIpc) is 3.19. The highest BCUT2D eigenvalue weighted by atomic mass is 32.2. The van der Waals surface area contributed by atoms with Crippen molar-refractivity contribution in [3.8, 4) is 11.5 Å². The van der Waals surface area contributed by atoms with Gasteiger partial charge in [0.1, 0.15) is 0 Å². The summed E-state index contributed by atoms with van der Waals surface area (Å²) in [5.41, 5.74) is 1.04. The van der Waals surface area contributed by atoms with E-state index in [0.29, 0.717) is 22.1 Å². The quantitative estimate of drug-likeness (QED) is 0.714. The van der Waals surface area contributed by atoms with E-state index >= 15 is 0 Å². The fraction of sp³-hybridized carbons (Fsp3) is 0.300. The zero-order valence-corrected chi connectivity index (χ0v) is 16.4. The molecule has 0 aliphatic carbocycles. The van der Waals surface area contributed by atoms with E-state index in [9.17, 15) is 13.8 Å². The van der Waals surface area contributed by atoms with Gasteiger partial charge in [-0.05, 0) is 36.8 Å². The Labute approximate surface area is 165 Å². The lowest BCUT2D eigenvalue weighted by Crippen LogP contribution is -2.35. The number of carbonyl (C=O) groups is 2. The molecule has 3 rings (SSSR count). The average molecular weight is 403 g/mol. The van der Waals surface area contributed by atoms with Gasteiger partial charge < -0.3 is 19.5 Å². The number of hydrogen-bond acceptors (Lipinski definition) is 6. The van der Waals surface area contributed by atoms with Crippen molar-refractivity contribution in [2.75, 3.05) is 12.5 Å². The molecule has 0 unspecified atom stereocenters. The van der Waals surface area contributed by atoms with Gasteiger partial charge in [0.15, 0.2) is 17.6 Å². The van der Waals surface area contributed by atoms with Crippen LogP contribution < -0.4 is 14.8 Å². The number of carbonyl (C=O) groups excluding carboxylic acids is 2. The fourth-order valence-corrected chi connectivity index (χ4v) is 3.59. The van der Waals surface area contributed by atoms with E-state index in [1.54, 1.807) is 43.3 Å². The molecule has 2 aromatic carbocycles. The summed E-state index contributed by atoms with van der Waals surface area (Å²) >= 11 is 0. The molecule has 1 amide bonds. The molecular weight excluding hydrogens is 382 g/mol. The van der Waals surface area contributed by atoms with Crippen molar-refractivity contribution in [2.45, 2.75) is 31.4 Å². The van der Waals surface area contributed by atoms with Gasteiger partial charge >= 0.3 is 5.97 Å². The van der Waals surface area contributed by atoms with Crippen molar-refractivity contribution in [1.82, 2.24) is 5.32 Å².